The molecule has 0 radical (unpaired) electrons. The van der Waals surface area contributed by atoms with E-state index in [1.165, 1.54) is 0 Å². The van der Waals surface area contributed by atoms with Crippen molar-refractivity contribution in [3.8, 4) is 0 Å². The summed E-state index contributed by atoms with van der Waals surface area (Å²) < 4.78 is 0. The van der Waals surface area contributed by atoms with Crippen LogP contribution >= 0.6 is 0 Å². The van der Waals surface area contributed by atoms with Crippen molar-refractivity contribution in [1.82, 2.24) is 4.90 Å². The fraction of sp³-hybridized carbons (Fsp3) is 0.688. The average Bonchev–Trinajstić information content (AvgIpc) is 2.78. The molecule has 0 spiro atoms. The van der Waals surface area contributed by atoms with Crippen LogP contribution in [0.2, 0.25) is 0 Å². The van der Waals surface area contributed by atoms with Gasteiger partial charge in [0.2, 0.25) is 5.91 Å². The van der Waals surface area contributed by atoms with Gasteiger partial charge in [-0.15, -0.1) is 0 Å². The Balaban J connectivity index is 2.43. The van der Waals surface area contributed by atoms with Crippen LogP contribution in [0.4, 0.5) is 0 Å². The molecule has 2 N–H and O–H groups in total. The minimum atomic E-state index is -0.410. The molecule has 20 heavy (non-hydrogen) atoms. The fourth-order valence-corrected chi connectivity index (χ4v) is 2.41. The maximum atomic E-state index is 11.8. The first-order chi connectivity index (χ1) is 9.69. The Morgan fingerprint density at radius 3 is 2.90 bits per heavy atom. The molecule has 0 aliphatic carbocycles. The molecule has 1 fully saturated rings. The van der Waals surface area contributed by atoms with Crippen molar-refractivity contribution in [3.05, 3.63) is 24.3 Å². The predicted octanol–water partition coefficient (Wildman–Crippen LogP) is 2.02. The number of carbonyl (C=O) groups is 1. The number of rotatable bonds is 9. The SMILES string of the molecule is CCCCC[C@@H](O)/C=C/C1CCC(=O)N1C/C=C\CO. The molecule has 0 saturated carbocycles. The maximum Gasteiger partial charge on any atom is 0.223 e. The van der Waals surface area contributed by atoms with Gasteiger partial charge in [0.15, 0.2) is 0 Å². The van der Waals surface area contributed by atoms with Crippen molar-refractivity contribution >= 4 is 5.91 Å². The zero-order valence-corrected chi connectivity index (χ0v) is 12.4. The van der Waals surface area contributed by atoms with E-state index in [4.69, 9.17) is 5.11 Å². The van der Waals surface area contributed by atoms with E-state index >= 15 is 0 Å². The van der Waals surface area contributed by atoms with Gasteiger partial charge in [-0.3, -0.25) is 4.79 Å². The topological polar surface area (TPSA) is 60.8 Å². The van der Waals surface area contributed by atoms with Crippen LogP contribution in [0.1, 0.15) is 45.4 Å². The minimum absolute atomic E-state index is 0.00131. The Morgan fingerprint density at radius 2 is 2.20 bits per heavy atom. The molecule has 1 amide bonds. The number of nitrogens with zero attached hydrogens (tertiary/aromatic N) is 1. The van der Waals surface area contributed by atoms with Crippen LogP contribution in [0.3, 0.4) is 0 Å². The summed E-state index contributed by atoms with van der Waals surface area (Å²) in [5.74, 6) is 0.141. The lowest BCUT2D eigenvalue weighted by Gasteiger charge is -2.21. The lowest BCUT2D eigenvalue weighted by molar-refractivity contribution is -0.127. The number of hydrogen-bond acceptors (Lipinski definition) is 3. The van der Waals surface area contributed by atoms with Gasteiger partial charge in [-0.25, -0.2) is 0 Å². The summed E-state index contributed by atoms with van der Waals surface area (Å²) in [6.07, 6.45) is 12.3. The number of aliphatic hydroxyl groups excluding tert-OH is 2. The van der Waals surface area contributed by atoms with Gasteiger partial charge in [0, 0.05) is 13.0 Å². The maximum absolute atomic E-state index is 11.8. The third-order valence-corrected chi connectivity index (χ3v) is 3.61. The molecule has 1 aliphatic heterocycles. The number of carbonyl (C=O) groups excluding carboxylic acids is 1. The van der Waals surface area contributed by atoms with Gasteiger partial charge in [-0.05, 0) is 12.8 Å². The lowest BCUT2D eigenvalue weighted by Crippen LogP contribution is -2.32. The number of likely N-dealkylation sites (tertiary alicyclic amines) is 1. The van der Waals surface area contributed by atoms with Gasteiger partial charge in [0.05, 0.1) is 18.8 Å². The van der Waals surface area contributed by atoms with Crippen LogP contribution in [0, 0.1) is 0 Å². The molecule has 1 aliphatic rings. The number of aliphatic hydroxyl groups is 2. The second-order valence-electron chi connectivity index (χ2n) is 5.25. The average molecular weight is 281 g/mol. The summed E-state index contributed by atoms with van der Waals surface area (Å²) in [7, 11) is 0. The quantitative estimate of drug-likeness (QED) is 0.502. The van der Waals surface area contributed by atoms with E-state index in [0.717, 1.165) is 32.1 Å². The predicted molar refractivity (Wildman–Crippen MR) is 80.2 cm³/mol. The number of unbranched alkanes of at least 4 members (excludes halogenated alkanes) is 2. The van der Waals surface area contributed by atoms with Gasteiger partial charge in [0.1, 0.15) is 0 Å². The summed E-state index contributed by atoms with van der Waals surface area (Å²) >= 11 is 0. The summed E-state index contributed by atoms with van der Waals surface area (Å²) in [5.41, 5.74) is 0. The molecule has 0 aromatic rings. The first-order valence-corrected chi connectivity index (χ1v) is 7.60. The van der Waals surface area contributed by atoms with Crippen molar-refractivity contribution in [2.45, 2.75) is 57.6 Å². The van der Waals surface area contributed by atoms with E-state index < -0.39 is 6.10 Å². The highest BCUT2D eigenvalue weighted by atomic mass is 16.3. The van der Waals surface area contributed by atoms with Gasteiger partial charge < -0.3 is 15.1 Å². The molecule has 1 saturated heterocycles. The molecular weight excluding hydrogens is 254 g/mol. The third-order valence-electron chi connectivity index (χ3n) is 3.61. The molecule has 1 unspecified atom stereocenters. The van der Waals surface area contributed by atoms with Crippen molar-refractivity contribution in [2.24, 2.45) is 0 Å². The highest BCUT2D eigenvalue weighted by Gasteiger charge is 2.27. The van der Waals surface area contributed by atoms with Crippen LogP contribution in [-0.4, -0.2) is 46.3 Å². The molecule has 0 aromatic heterocycles. The highest BCUT2D eigenvalue weighted by molar-refractivity contribution is 5.79. The summed E-state index contributed by atoms with van der Waals surface area (Å²) in [4.78, 5) is 13.6. The zero-order chi connectivity index (χ0) is 14.8. The Bertz CT molecular complexity index is 339. The van der Waals surface area contributed by atoms with Crippen LogP contribution in [0.5, 0.6) is 0 Å². The molecule has 114 valence electrons. The van der Waals surface area contributed by atoms with Crippen molar-refractivity contribution < 1.29 is 15.0 Å². The van der Waals surface area contributed by atoms with E-state index in [9.17, 15) is 9.90 Å². The molecule has 1 rings (SSSR count). The van der Waals surface area contributed by atoms with Crippen LogP contribution < -0.4 is 0 Å². The molecule has 4 heteroatoms. The van der Waals surface area contributed by atoms with Crippen LogP contribution in [0.25, 0.3) is 0 Å². The second kappa shape index (κ2) is 9.72. The van der Waals surface area contributed by atoms with Crippen LogP contribution in [0.15, 0.2) is 24.3 Å². The monoisotopic (exact) mass is 281 g/mol. The largest absolute Gasteiger partial charge is 0.392 e. The number of hydrogen-bond donors (Lipinski definition) is 2. The third kappa shape index (κ3) is 5.88. The summed E-state index contributed by atoms with van der Waals surface area (Å²) in [5, 5.41) is 18.6. The molecule has 0 bridgehead atoms. The normalized spacial score (nSPS) is 21.4. The van der Waals surface area contributed by atoms with E-state index in [2.05, 4.69) is 6.92 Å². The second-order valence-corrected chi connectivity index (χ2v) is 5.25. The first-order valence-electron chi connectivity index (χ1n) is 7.60. The molecule has 2 atom stereocenters. The van der Waals surface area contributed by atoms with Crippen molar-refractivity contribution in [2.75, 3.05) is 13.2 Å². The zero-order valence-electron chi connectivity index (χ0n) is 12.4. The Kier molecular flexibility index (Phi) is 8.23. The Labute approximate surface area is 121 Å². The van der Waals surface area contributed by atoms with Crippen molar-refractivity contribution in [3.63, 3.8) is 0 Å². The lowest BCUT2D eigenvalue weighted by atomic mass is 10.1. The fourth-order valence-electron chi connectivity index (χ4n) is 2.41. The molecule has 1 heterocycles. The standard InChI is InChI=1S/C16H27NO3/c1-2-3-4-7-15(19)10-8-14-9-11-16(20)17(14)12-5-6-13-18/h5-6,8,10,14-15,18-19H,2-4,7,9,11-13H2,1H3/b6-5-,10-8+/t14?,15-/m1/s1. The van der Waals surface area contributed by atoms with E-state index in [0.29, 0.717) is 13.0 Å². The Morgan fingerprint density at radius 1 is 1.40 bits per heavy atom. The van der Waals surface area contributed by atoms with E-state index in [1.54, 1.807) is 11.0 Å². The number of amides is 1. The Hall–Kier alpha value is -1.13. The van der Waals surface area contributed by atoms with Crippen molar-refractivity contribution in [1.29, 1.82) is 0 Å². The molecular formula is C16H27NO3. The van der Waals surface area contributed by atoms with Crippen LogP contribution in [-0.2, 0) is 4.79 Å². The van der Waals surface area contributed by atoms with E-state index in [-0.39, 0.29) is 18.6 Å². The van der Waals surface area contributed by atoms with E-state index in [1.807, 2.05) is 18.2 Å². The smallest absolute Gasteiger partial charge is 0.223 e. The molecule has 4 nitrogen and oxygen atoms in total. The van der Waals surface area contributed by atoms with Gasteiger partial charge >= 0.3 is 0 Å². The highest BCUT2D eigenvalue weighted by Crippen LogP contribution is 2.20. The summed E-state index contributed by atoms with van der Waals surface area (Å²) in [6, 6.07) is 0.0756. The van der Waals surface area contributed by atoms with Gasteiger partial charge in [-0.1, -0.05) is 50.5 Å². The summed E-state index contributed by atoms with van der Waals surface area (Å²) in [6.45, 7) is 2.67. The molecule has 0 aromatic carbocycles. The first kappa shape index (κ1) is 16.9. The van der Waals surface area contributed by atoms with Gasteiger partial charge in [-0.2, -0.15) is 0 Å². The van der Waals surface area contributed by atoms with Gasteiger partial charge in [0.25, 0.3) is 0 Å². The minimum Gasteiger partial charge on any atom is -0.392 e.